The molecule has 0 aromatic heterocycles. The van der Waals surface area contributed by atoms with Gasteiger partial charge in [-0.05, 0) is 42.3 Å². The van der Waals surface area contributed by atoms with Gasteiger partial charge in [0.25, 0.3) is 0 Å². The van der Waals surface area contributed by atoms with Crippen molar-refractivity contribution in [3.05, 3.63) is 95.6 Å². The predicted octanol–water partition coefficient (Wildman–Crippen LogP) is 5.20. The topological polar surface area (TPSA) is 106 Å². The Bertz CT molecular complexity index is 1170. The van der Waals surface area contributed by atoms with Crippen LogP contribution in [0, 0.1) is 0 Å². The molecule has 0 saturated carbocycles. The third-order valence-electron chi connectivity index (χ3n) is 5.93. The monoisotopic (exact) mass is 536 g/mol. The molecule has 1 heterocycles. The molecule has 3 aromatic carbocycles. The van der Waals surface area contributed by atoms with Crippen molar-refractivity contribution in [2.75, 3.05) is 24.2 Å². The number of ether oxygens (including phenoxy) is 3. The fourth-order valence-corrected chi connectivity index (χ4v) is 4.93. The summed E-state index contributed by atoms with van der Waals surface area (Å²) >= 11 is 1.75. The molecule has 0 radical (unpaired) electrons. The number of rotatable bonds is 10. The van der Waals surface area contributed by atoms with E-state index in [0.717, 1.165) is 22.4 Å². The number of nitrogens with one attached hydrogen (secondary N) is 2. The van der Waals surface area contributed by atoms with Gasteiger partial charge in [-0.15, -0.1) is 11.8 Å². The Morgan fingerprint density at radius 1 is 0.974 bits per heavy atom. The molecule has 200 valence electrons. The number of anilines is 1. The van der Waals surface area contributed by atoms with Crippen LogP contribution < -0.4 is 10.6 Å². The summed E-state index contributed by atoms with van der Waals surface area (Å²) in [5.74, 6) is 0.278. The molecule has 38 heavy (non-hydrogen) atoms. The van der Waals surface area contributed by atoms with Gasteiger partial charge in [-0.1, -0.05) is 54.6 Å². The van der Waals surface area contributed by atoms with Gasteiger partial charge in [0.2, 0.25) is 0 Å². The smallest absolute Gasteiger partial charge is 0.325 e. The van der Waals surface area contributed by atoms with Gasteiger partial charge < -0.3 is 30.0 Å². The van der Waals surface area contributed by atoms with Crippen LogP contribution in [0.4, 0.5) is 10.5 Å². The summed E-state index contributed by atoms with van der Waals surface area (Å²) in [6.07, 6.45) is -0.101. The predicted molar refractivity (Wildman–Crippen MR) is 146 cm³/mol. The van der Waals surface area contributed by atoms with E-state index in [2.05, 4.69) is 22.8 Å². The largest absolute Gasteiger partial charge is 0.465 e. The number of esters is 1. The molecule has 0 spiro atoms. The third-order valence-corrected chi connectivity index (χ3v) is 7.08. The van der Waals surface area contributed by atoms with Crippen LogP contribution in [0.1, 0.15) is 42.4 Å². The molecule has 1 aliphatic heterocycles. The van der Waals surface area contributed by atoms with Gasteiger partial charge in [0.1, 0.15) is 6.54 Å². The second-order valence-corrected chi connectivity index (χ2v) is 9.80. The number of urea groups is 1. The standard InChI is InChI=1S/C29H32N2O6S/c1-2-35-27(33)17-30-29(34)31-23-14-12-22(13-15-23)28-36-24(19-38-25-6-4-3-5-7-25)16-26(37-28)21-10-8-20(18-32)9-11-21/h3-15,24,26,28,32H,2,16-19H2,1H3,(H2,30,31,34). The van der Waals surface area contributed by atoms with E-state index in [4.69, 9.17) is 14.2 Å². The third kappa shape index (κ3) is 8.06. The van der Waals surface area contributed by atoms with Crippen molar-refractivity contribution in [3.8, 4) is 0 Å². The lowest BCUT2D eigenvalue weighted by Crippen LogP contribution is -2.34. The van der Waals surface area contributed by atoms with Crippen molar-refractivity contribution in [1.82, 2.24) is 5.32 Å². The molecular weight excluding hydrogens is 504 g/mol. The molecule has 1 saturated heterocycles. The maximum absolute atomic E-state index is 12.1. The van der Waals surface area contributed by atoms with E-state index in [1.165, 1.54) is 4.90 Å². The molecule has 4 rings (SSSR count). The zero-order valence-electron chi connectivity index (χ0n) is 21.2. The van der Waals surface area contributed by atoms with E-state index < -0.39 is 18.3 Å². The van der Waals surface area contributed by atoms with Gasteiger partial charge in [-0.25, -0.2) is 4.79 Å². The molecule has 1 aliphatic rings. The number of hydrogen-bond donors (Lipinski definition) is 3. The number of carbonyl (C=O) groups is 2. The van der Waals surface area contributed by atoms with E-state index >= 15 is 0 Å². The van der Waals surface area contributed by atoms with Crippen molar-refractivity contribution in [2.24, 2.45) is 0 Å². The molecule has 3 unspecified atom stereocenters. The lowest BCUT2D eigenvalue weighted by Gasteiger charge is -2.36. The van der Waals surface area contributed by atoms with Crippen molar-refractivity contribution < 1.29 is 28.9 Å². The van der Waals surface area contributed by atoms with Gasteiger partial charge in [0.15, 0.2) is 6.29 Å². The minimum atomic E-state index is -0.584. The lowest BCUT2D eigenvalue weighted by atomic mass is 10.0. The van der Waals surface area contributed by atoms with Crippen LogP contribution in [0.2, 0.25) is 0 Å². The molecule has 1 fully saturated rings. The highest BCUT2D eigenvalue weighted by molar-refractivity contribution is 7.99. The number of aliphatic hydroxyl groups excluding tert-OH is 1. The first-order valence-electron chi connectivity index (χ1n) is 12.5. The zero-order chi connectivity index (χ0) is 26.7. The zero-order valence-corrected chi connectivity index (χ0v) is 22.0. The van der Waals surface area contributed by atoms with Gasteiger partial charge in [-0.2, -0.15) is 0 Å². The molecule has 0 bridgehead atoms. The van der Waals surface area contributed by atoms with Gasteiger partial charge in [-0.3, -0.25) is 4.79 Å². The summed E-state index contributed by atoms with van der Waals surface area (Å²) in [4.78, 5) is 24.7. The second-order valence-electron chi connectivity index (χ2n) is 8.71. The molecule has 3 N–H and O–H groups in total. The van der Waals surface area contributed by atoms with Crippen molar-refractivity contribution in [2.45, 2.75) is 43.3 Å². The fraction of sp³-hybridized carbons (Fsp3) is 0.310. The van der Waals surface area contributed by atoms with Crippen LogP contribution in [0.5, 0.6) is 0 Å². The fourth-order valence-electron chi connectivity index (χ4n) is 3.99. The summed E-state index contributed by atoms with van der Waals surface area (Å²) < 4.78 is 17.6. The highest BCUT2D eigenvalue weighted by Crippen LogP contribution is 2.39. The first-order chi connectivity index (χ1) is 18.5. The van der Waals surface area contributed by atoms with Crippen LogP contribution in [0.25, 0.3) is 0 Å². The highest BCUT2D eigenvalue weighted by Gasteiger charge is 2.32. The molecular formula is C29H32N2O6S. The quantitative estimate of drug-likeness (QED) is 0.242. The van der Waals surface area contributed by atoms with Crippen molar-refractivity contribution in [1.29, 1.82) is 0 Å². The summed E-state index contributed by atoms with van der Waals surface area (Å²) in [7, 11) is 0. The normalized spacial score (nSPS) is 18.9. The number of carbonyl (C=O) groups excluding carboxylic acids is 2. The van der Waals surface area contributed by atoms with E-state index in [-0.39, 0.29) is 32.0 Å². The van der Waals surface area contributed by atoms with E-state index in [1.54, 1.807) is 30.8 Å². The number of aliphatic hydroxyl groups is 1. The molecule has 0 aliphatic carbocycles. The Labute approximate surface area is 226 Å². The average Bonchev–Trinajstić information content (AvgIpc) is 2.96. The Kier molecular flexibility index (Phi) is 10.2. The van der Waals surface area contributed by atoms with E-state index in [1.807, 2.05) is 54.6 Å². The Morgan fingerprint density at radius 3 is 2.37 bits per heavy atom. The van der Waals surface area contributed by atoms with Crippen LogP contribution in [0.15, 0.2) is 83.8 Å². The second kappa shape index (κ2) is 14.0. The van der Waals surface area contributed by atoms with Crippen LogP contribution in [0.3, 0.4) is 0 Å². The van der Waals surface area contributed by atoms with E-state index in [9.17, 15) is 14.7 Å². The van der Waals surface area contributed by atoms with Crippen molar-refractivity contribution >= 4 is 29.4 Å². The van der Waals surface area contributed by atoms with Crippen molar-refractivity contribution in [3.63, 3.8) is 0 Å². The number of hydrogen-bond acceptors (Lipinski definition) is 7. The number of benzene rings is 3. The summed E-state index contributed by atoms with van der Waals surface area (Å²) in [5.41, 5.74) is 3.27. The minimum absolute atomic E-state index is 0.00485. The number of amides is 2. The highest BCUT2D eigenvalue weighted by atomic mass is 32.2. The first kappa shape index (κ1) is 27.7. The first-order valence-corrected chi connectivity index (χ1v) is 13.5. The van der Waals surface area contributed by atoms with Crippen LogP contribution in [-0.4, -0.2) is 42.1 Å². The Morgan fingerprint density at radius 2 is 1.68 bits per heavy atom. The SMILES string of the molecule is CCOC(=O)CNC(=O)Nc1ccc(C2OC(CSc3ccccc3)CC(c3ccc(CO)cc3)O2)cc1. The molecule has 8 nitrogen and oxygen atoms in total. The van der Waals surface area contributed by atoms with E-state index in [0.29, 0.717) is 12.1 Å². The Balaban J connectivity index is 1.42. The Hall–Kier alpha value is -3.37. The van der Waals surface area contributed by atoms with Gasteiger partial charge in [0.05, 0.1) is 25.4 Å². The lowest BCUT2D eigenvalue weighted by molar-refractivity contribution is -0.245. The summed E-state index contributed by atoms with van der Waals surface area (Å²) in [6.45, 7) is 1.76. The van der Waals surface area contributed by atoms with Gasteiger partial charge in [0, 0.05) is 28.3 Å². The van der Waals surface area contributed by atoms with Crippen LogP contribution >= 0.6 is 11.8 Å². The molecule has 3 aromatic rings. The summed E-state index contributed by atoms with van der Waals surface area (Å²) in [5, 5.41) is 14.6. The molecule has 2 amide bonds. The summed E-state index contributed by atoms with van der Waals surface area (Å²) in [6, 6.07) is 24.7. The van der Waals surface area contributed by atoms with Crippen LogP contribution in [-0.2, 0) is 25.6 Å². The average molecular weight is 537 g/mol. The van der Waals surface area contributed by atoms with Gasteiger partial charge >= 0.3 is 12.0 Å². The maximum Gasteiger partial charge on any atom is 0.325 e. The minimum Gasteiger partial charge on any atom is -0.465 e. The maximum atomic E-state index is 12.1. The molecule has 3 atom stereocenters. The number of thioether (sulfide) groups is 1. The molecule has 9 heteroatoms.